The van der Waals surface area contributed by atoms with E-state index in [-0.39, 0.29) is 5.97 Å². The minimum Gasteiger partial charge on any atom is -0.461 e. The van der Waals surface area contributed by atoms with Crippen LogP contribution in [0.15, 0.2) is 23.4 Å². The summed E-state index contributed by atoms with van der Waals surface area (Å²) in [7, 11) is 1.65. The molecule has 0 aromatic carbocycles. The van der Waals surface area contributed by atoms with Crippen molar-refractivity contribution in [2.45, 2.75) is 6.92 Å². The quantitative estimate of drug-likeness (QED) is 0.671. The van der Waals surface area contributed by atoms with Crippen LogP contribution in [-0.4, -0.2) is 32.8 Å². The van der Waals surface area contributed by atoms with E-state index >= 15 is 0 Å². The zero-order valence-electron chi connectivity index (χ0n) is 8.50. The van der Waals surface area contributed by atoms with Gasteiger partial charge in [0.15, 0.2) is 0 Å². The van der Waals surface area contributed by atoms with Gasteiger partial charge in [0.2, 0.25) is 0 Å². The average molecular weight is 197 g/mol. The van der Waals surface area contributed by atoms with Crippen LogP contribution in [0.25, 0.3) is 0 Å². The molecule has 0 bridgehead atoms. The zero-order valence-corrected chi connectivity index (χ0v) is 8.50. The van der Waals surface area contributed by atoms with Crippen molar-refractivity contribution in [3.05, 3.63) is 23.4 Å². The fourth-order valence-electron chi connectivity index (χ4n) is 1.21. The van der Waals surface area contributed by atoms with E-state index in [9.17, 15) is 4.79 Å². The Hall–Kier alpha value is -1.29. The Kier molecular flexibility index (Phi) is 4.19. The first kappa shape index (κ1) is 10.8. The molecule has 0 saturated heterocycles. The van der Waals surface area contributed by atoms with Crippen LogP contribution in [-0.2, 0) is 14.3 Å². The first-order valence-corrected chi connectivity index (χ1v) is 4.46. The second kappa shape index (κ2) is 5.44. The molecule has 1 N–H and O–H groups in total. The summed E-state index contributed by atoms with van der Waals surface area (Å²) in [4.78, 5) is 10.6. The molecular formula is C10H15NO3. The van der Waals surface area contributed by atoms with Gasteiger partial charge in [-0.15, -0.1) is 0 Å². The first-order chi connectivity index (χ1) is 6.72. The van der Waals surface area contributed by atoms with E-state index in [0.29, 0.717) is 13.2 Å². The maximum atomic E-state index is 10.6. The standard InChI is InChI=1S/C10H15NO3/c1-8(12)14-7-10-3-9(6-13-2)4-11-5-10/h3-4,11H,5-7H2,1-2H3. The molecule has 0 spiro atoms. The highest BCUT2D eigenvalue weighted by Crippen LogP contribution is 2.07. The van der Waals surface area contributed by atoms with E-state index in [2.05, 4.69) is 5.32 Å². The van der Waals surface area contributed by atoms with E-state index in [1.165, 1.54) is 6.92 Å². The molecule has 4 heteroatoms. The van der Waals surface area contributed by atoms with Crippen molar-refractivity contribution < 1.29 is 14.3 Å². The molecule has 1 rings (SSSR count). The summed E-state index contributed by atoms with van der Waals surface area (Å²) in [6, 6.07) is 0. The third-order valence-electron chi connectivity index (χ3n) is 1.78. The van der Waals surface area contributed by atoms with Gasteiger partial charge in [0, 0.05) is 26.8 Å². The molecule has 0 aliphatic carbocycles. The molecule has 78 valence electrons. The summed E-state index contributed by atoms with van der Waals surface area (Å²) in [6.45, 7) is 3.04. The van der Waals surface area contributed by atoms with Crippen LogP contribution in [0.2, 0.25) is 0 Å². The van der Waals surface area contributed by atoms with Crippen molar-refractivity contribution in [1.29, 1.82) is 0 Å². The van der Waals surface area contributed by atoms with E-state index in [4.69, 9.17) is 9.47 Å². The average Bonchev–Trinajstić information content (AvgIpc) is 2.16. The zero-order chi connectivity index (χ0) is 10.4. The molecule has 0 aromatic rings. The third kappa shape index (κ3) is 3.62. The van der Waals surface area contributed by atoms with Crippen LogP contribution in [0.3, 0.4) is 0 Å². The van der Waals surface area contributed by atoms with Gasteiger partial charge < -0.3 is 14.8 Å². The van der Waals surface area contributed by atoms with E-state index in [1.807, 2.05) is 12.3 Å². The largest absolute Gasteiger partial charge is 0.461 e. The topological polar surface area (TPSA) is 47.6 Å². The van der Waals surface area contributed by atoms with Gasteiger partial charge in [0.1, 0.15) is 6.61 Å². The van der Waals surface area contributed by atoms with Crippen molar-refractivity contribution in [2.24, 2.45) is 0 Å². The second-order valence-corrected chi connectivity index (χ2v) is 3.12. The summed E-state index contributed by atoms with van der Waals surface area (Å²) < 4.78 is 9.89. The molecule has 0 saturated carbocycles. The van der Waals surface area contributed by atoms with Gasteiger partial charge >= 0.3 is 5.97 Å². The van der Waals surface area contributed by atoms with Crippen LogP contribution in [0, 0.1) is 0 Å². The lowest BCUT2D eigenvalue weighted by molar-refractivity contribution is -0.140. The number of hydrogen-bond acceptors (Lipinski definition) is 4. The SMILES string of the molecule is COCC1=CNCC(COC(C)=O)=C1. The Bertz CT molecular complexity index is 269. The van der Waals surface area contributed by atoms with E-state index in [0.717, 1.165) is 17.7 Å². The predicted octanol–water partition coefficient (Wildman–Crippen LogP) is 0.609. The molecule has 14 heavy (non-hydrogen) atoms. The Labute approximate surface area is 83.6 Å². The monoisotopic (exact) mass is 197 g/mol. The van der Waals surface area contributed by atoms with Crippen LogP contribution in [0.4, 0.5) is 0 Å². The smallest absolute Gasteiger partial charge is 0.302 e. The van der Waals surface area contributed by atoms with Crippen molar-refractivity contribution in [1.82, 2.24) is 5.32 Å². The molecule has 0 unspecified atom stereocenters. The predicted molar refractivity (Wildman–Crippen MR) is 52.7 cm³/mol. The number of carbonyl (C=O) groups excluding carboxylic acids is 1. The molecule has 0 aromatic heterocycles. The fourth-order valence-corrected chi connectivity index (χ4v) is 1.21. The fraction of sp³-hybridized carbons (Fsp3) is 0.500. The van der Waals surface area contributed by atoms with Crippen molar-refractivity contribution >= 4 is 5.97 Å². The van der Waals surface area contributed by atoms with Gasteiger partial charge in [-0.05, 0) is 11.1 Å². The minimum atomic E-state index is -0.256. The lowest BCUT2D eigenvalue weighted by Gasteiger charge is -2.14. The van der Waals surface area contributed by atoms with Crippen molar-refractivity contribution in [3.63, 3.8) is 0 Å². The Balaban J connectivity index is 2.45. The summed E-state index contributed by atoms with van der Waals surface area (Å²) in [5.41, 5.74) is 2.11. The molecule has 0 radical (unpaired) electrons. The van der Waals surface area contributed by atoms with Crippen LogP contribution >= 0.6 is 0 Å². The maximum Gasteiger partial charge on any atom is 0.302 e. The summed E-state index contributed by atoms with van der Waals surface area (Å²) in [6.07, 6.45) is 3.89. The lowest BCUT2D eigenvalue weighted by atomic mass is 10.1. The van der Waals surface area contributed by atoms with Crippen LogP contribution in [0.1, 0.15) is 6.92 Å². The highest BCUT2D eigenvalue weighted by Gasteiger charge is 2.05. The number of methoxy groups -OCH3 is 1. The molecule has 1 aliphatic rings. The number of carbonyl (C=O) groups is 1. The number of dihydropyridines is 1. The number of nitrogens with one attached hydrogen (secondary N) is 1. The lowest BCUT2D eigenvalue weighted by Crippen LogP contribution is -2.20. The first-order valence-electron chi connectivity index (χ1n) is 4.46. The Morgan fingerprint density at radius 2 is 2.36 bits per heavy atom. The Morgan fingerprint density at radius 1 is 1.57 bits per heavy atom. The highest BCUT2D eigenvalue weighted by atomic mass is 16.5. The normalized spacial score (nSPS) is 15.3. The van der Waals surface area contributed by atoms with E-state index in [1.54, 1.807) is 7.11 Å². The number of esters is 1. The van der Waals surface area contributed by atoms with Gasteiger partial charge in [-0.3, -0.25) is 4.79 Å². The van der Waals surface area contributed by atoms with Gasteiger partial charge in [-0.1, -0.05) is 6.08 Å². The van der Waals surface area contributed by atoms with Gasteiger partial charge in [-0.2, -0.15) is 0 Å². The van der Waals surface area contributed by atoms with Crippen molar-refractivity contribution in [3.8, 4) is 0 Å². The summed E-state index contributed by atoms with van der Waals surface area (Å²) in [5, 5.41) is 3.09. The number of rotatable bonds is 4. The minimum absolute atomic E-state index is 0.256. The molecule has 0 amide bonds. The highest BCUT2D eigenvalue weighted by molar-refractivity contribution is 5.66. The van der Waals surface area contributed by atoms with Gasteiger partial charge in [-0.25, -0.2) is 0 Å². The molecule has 4 nitrogen and oxygen atoms in total. The van der Waals surface area contributed by atoms with E-state index < -0.39 is 0 Å². The van der Waals surface area contributed by atoms with Crippen LogP contribution in [0.5, 0.6) is 0 Å². The third-order valence-corrected chi connectivity index (χ3v) is 1.78. The molecule has 1 aliphatic heterocycles. The van der Waals surface area contributed by atoms with Crippen LogP contribution < -0.4 is 5.32 Å². The molecular weight excluding hydrogens is 182 g/mol. The number of ether oxygens (including phenoxy) is 2. The summed E-state index contributed by atoms with van der Waals surface area (Å²) in [5.74, 6) is -0.256. The van der Waals surface area contributed by atoms with Gasteiger partial charge in [0.05, 0.1) is 6.61 Å². The maximum absolute atomic E-state index is 10.6. The molecule has 0 fully saturated rings. The molecule has 1 heterocycles. The van der Waals surface area contributed by atoms with Crippen molar-refractivity contribution in [2.75, 3.05) is 26.9 Å². The molecule has 0 atom stereocenters. The number of hydrogen-bond donors (Lipinski definition) is 1. The Morgan fingerprint density at radius 3 is 3.00 bits per heavy atom. The second-order valence-electron chi connectivity index (χ2n) is 3.12. The van der Waals surface area contributed by atoms with Gasteiger partial charge in [0.25, 0.3) is 0 Å². The summed E-state index contributed by atoms with van der Waals surface area (Å²) >= 11 is 0.